The highest BCUT2D eigenvalue weighted by Crippen LogP contribution is 2.14. The summed E-state index contributed by atoms with van der Waals surface area (Å²) in [5.74, 6) is 1.66. The van der Waals surface area contributed by atoms with Crippen molar-refractivity contribution in [1.82, 2.24) is 0 Å². The first-order valence-electron chi connectivity index (χ1n) is 3.02. The highest BCUT2D eigenvalue weighted by Gasteiger charge is 1.95. The molecule has 0 bridgehead atoms. The molecule has 0 radical (unpaired) electrons. The number of rotatable bonds is 0. The highest BCUT2D eigenvalue weighted by atomic mass is 32.2. The Balaban J connectivity index is 2.19. The minimum atomic E-state index is 0.0293. The fraction of sp³-hybridized carbons (Fsp3) is 1.00. The molecule has 1 heterocycles. The van der Waals surface area contributed by atoms with E-state index >= 15 is 0 Å². The monoisotopic (exact) mass is 122 g/mol. The zero-order valence-corrected chi connectivity index (χ0v) is 5.02. The fourth-order valence-electron chi connectivity index (χ4n) is 0.311. The SMILES string of the molecule is [2H]C1CSC([2H])CS1. The number of thioether (sulfide) groups is 2. The van der Waals surface area contributed by atoms with Crippen molar-refractivity contribution in [1.29, 1.82) is 0 Å². The number of hydrogen-bond acceptors (Lipinski definition) is 2. The van der Waals surface area contributed by atoms with Crippen LogP contribution in [0.15, 0.2) is 0 Å². The molecular formula is C4H8S2. The van der Waals surface area contributed by atoms with E-state index in [2.05, 4.69) is 0 Å². The van der Waals surface area contributed by atoms with Gasteiger partial charge in [-0.2, -0.15) is 23.5 Å². The van der Waals surface area contributed by atoms with E-state index < -0.39 is 0 Å². The van der Waals surface area contributed by atoms with Gasteiger partial charge in [0, 0.05) is 25.7 Å². The zero-order chi connectivity index (χ0) is 5.98. The Labute approximate surface area is 49.9 Å². The summed E-state index contributed by atoms with van der Waals surface area (Å²) < 4.78 is 14.4. The van der Waals surface area contributed by atoms with Crippen LogP contribution in [0.1, 0.15) is 2.74 Å². The van der Waals surface area contributed by atoms with Gasteiger partial charge in [0.25, 0.3) is 0 Å². The van der Waals surface area contributed by atoms with E-state index in [0.717, 1.165) is 11.5 Å². The van der Waals surface area contributed by atoms with Crippen LogP contribution in [0.5, 0.6) is 0 Å². The summed E-state index contributed by atoms with van der Waals surface area (Å²) >= 11 is 3.17. The Morgan fingerprint density at radius 1 is 1.17 bits per heavy atom. The standard InChI is InChI=1S/C4H8S2/c1-2-6-4-3-5-1/h1-4H2/i1D,4D. The quantitative estimate of drug-likeness (QED) is 0.477. The lowest BCUT2D eigenvalue weighted by Crippen LogP contribution is -1.97. The normalized spacial score (nSPS) is 53.3. The first kappa shape index (κ1) is 2.88. The molecular weight excluding hydrogens is 112 g/mol. The third-order valence-corrected chi connectivity index (χ3v) is 2.51. The molecule has 1 aliphatic heterocycles. The first-order valence-corrected chi connectivity index (χ1v) is 3.96. The summed E-state index contributed by atoms with van der Waals surface area (Å²) in [6.07, 6.45) is 0. The van der Waals surface area contributed by atoms with E-state index in [9.17, 15) is 0 Å². The molecule has 36 valence electrons. The van der Waals surface area contributed by atoms with Crippen molar-refractivity contribution >= 4 is 23.5 Å². The number of hydrogen-bond donors (Lipinski definition) is 0. The molecule has 0 aromatic carbocycles. The molecule has 6 heavy (non-hydrogen) atoms. The van der Waals surface area contributed by atoms with Crippen molar-refractivity contribution in [3.8, 4) is 0 Å². The molecule has 0 aromatic rings. The second kappa shape index (κ2) is 2.80. The van der Waals surface area contributed by atoms with Crippen LogP contribution in [0.2, 0.25) is 0 Å². The predicted octanol–water partition coefficient (Wildman–Crippen LogP) is 1.47. The molecule has 1 aliphatic rings. The van der Waals surface area contributed by atoms with E-state index in [0.29, 0.717) is 0 Å². The Hall–Kier alpha value is 0.700. The molecule has 1 rings (SSSR count). The maximum Gasteiger partial charge on any atom is 0.0389 e. The minimum absolute atomic E-state index is 0.0293. The van der Waals surface area contributed by atoms with Gasteiger partial charge in [-0.05, 0) is 0 Å². The Kier molecular flexibility index (Phi) is 1.34. The second-order valence-electron chi connectivity index (χ2n) is 1.00. The van der Waals surface area contributed by atoms with Crippen molar-refractivity contribution in [2.24, 2.45) is 0 Å². The maximum atomic E-state index is 7.22. The summed E-state index contributed by atoms with van der Waals surface area (Å²) in [5.41, 5.74) is 0.0585. The van der Waals surface area contributed by atoms with Crippen molar-refractivity contribution in [2.75, 3.05) is 23.0 Å². The Morgan fingerprint density at radius 3 is 2.00 bits per heavy atom. The van der Waals surface area contributed by atoms with Crippen molar-refractivity contribution in [3.63, 3.8) is 0 Å². The van der Waals surface area contributed by atoms with Gasteiger partial charge in [-0.15, -0.1) is 0 Å². The van der Waals surface area contributed by atoms with Gasteiger partial charge in [0.05, 0.1) is 0 Å². The second-order valence-corrected chi connectivity index (χ2v) is 3.00. The van der Waals surface area contributed by atoms with Crippen LogP contribution >= 0.6 is 23.5 Å². The van der Waals surface area contributed by atoms with E-state index in [1.165, 1.54) is 0 Å². The van der Waals surface area contributed by atoms with E-state index in [4.69, 9.17) is 2.74 Å². The van der Waals surface area contributed by atoms with Crippen LogP contribution in [0, 0.1) is 0 Å². The molecule has 2 atom stereocenters. The molecule has 0 saturated carbocycles. The molecule has 0 amide bonds. The highest BCUT2D eigenvalue weighted by molar-refractivity contribution is 8.06. The van der Waals surface area contributed by atoms with Crippen LogP contribution < -0.4 is 0 Å². The van der Waals surface area contributed by atoms with Gasteiger partial charge < -0.3 is 0 Å². The Morgan fingerprint density at radius 2 is 1.67 bits per heavy atom. The van der Waals surface area contributed by atoms with Gasteiger partial charge in [0.2, 0.25) is 0 Å². The van der Waals surface area contributed by atoms with Gasteiger partial charge in [0.1, 0.15) is 0 Å². The van der Waals surface area contributed by atoms with Gasteiger partial charge in [0.15, 0.2) is 0 Å². The molecule has 2 heteroatoms. The molecule has 0 aromatic heterocycles. The van der Waals surface area contributed by atoms with Crippen LogP contribution in [-0.2, 0) is 0 Å². The van der Waals surface area contributed by atoms with E-state index in [1.54, 1.807) is 23.5 Å². The Bertz CT molecular complexity index is 60.4. The summed E-state index contributed by atoms with van der Waals surface area (Å²) in [6, 6.07) is 0. The molecule has 0 spiro atoms. The molecule has 0 aliphatic carbocycles. The van der Waals surface area contributed by atoms with Gasteiger partial charge in [-0.1, -0.05) is 0 Å². The lowest BCUT2D eigenvalue weighted by atomic mass is 10.9. The summed E-state index contributed by atoms with van der Waals surface area (Å²) in [4.78, 5) is 0. The van der Waals surface area contributed by atoms with E-state index in [-0.39, 0.29) is 11.5 Å². The summed E-state index contributed by atoms with van der Waals surface area (Å²) in [5, 5.41) is 0. The van der Waals surface area contributed by atoms with Crippen LogP contribution in [0.25, 0.3) is 0 Å². The largest absolute Gasteiger partial charge is 0.160 e. The van der Waals surface area contributed by atoms with Crippen LogP contribution in [0.4, 0.5) is 0 Å². The van der Waals surface area contributed by atoms with Crippen molar-refractivity contribution in [2.45, 2.75) is 0 Å². The smallest absolute Gasteiger partial charge is 0.0389 e. The lowest BCUT2D eigenvalue weighted by Gasteiger charge is -2.05. The van der Waals surface area contributed by atoms with Gasteiger partial charge >= 0.3 is 0 Å². The van der Waals surface area contributed by atoms with Crippen molar-refractivity contribution in [3.05, 3.63) is 0 Å². The third-order valence-electron chi connectivity index (χ3n) is 0.564. The molecule has 0 N–H and O–H groups in total. The molecule has 2 unspecified atom stereocenters. The van der Waals surface area contributed by atoms with Crippen LogP contribution in [-0.4, -0.2) is 23.0 Å². The fourth-order valence-corrected chi connectivity index (χ4v) is 1.98. The average molecular weight is 122 g/mol. The van der Waals surface area contributed by atoms with Gasteiger partial charge in [-0.25, -0.2) is 0 Å². The third kappa shape index (κ3) is 1.43. The average Bonchev–Trinajstić information content (AvgIpc) is 1.77. The molecule has 1 fully saturated rings. The summed E-state index contributed by atoms with van der Waals surface area (Å²) in [7, 11) is 0. The van der Waals surface area contributed by atoms with Crippen molar-refractivity contribution < 1.29 is 2.74 Å². The minimum Gasteiger partial charge on any atom is -0.160 e. The molecule has 1 saturated heterocycles. The topological polar surface area (TPSA) is 0 Å². The lowest BCUT2D eigenvalue weighted by molar-refractivity contribution is 1.43. The summed E-state index contributed by atoms with van der Waals surface area (Å²) in [6.45, 7) is 0. The van der Waals surface area contributed by atoms with Crippen LogP contribution in [0.3, 0.4) is 0 Å². The zero-order valence-electron chi connectivity index (χ0n) is 5.39. The maximum absolute atomic E-state index is 7.22. The first-order chi connectivity index (χ1) is 3.79. The predicted molar refractivity (Wildman–Crippen MR) is 34.6 cm³/mol. The molecule has 0 nitrogen and oxygen atoms in total. The van der Waals surface area contributed by atoms with Gasteiger partial charge in [-0.3, -0.25) is 0 Å². The van der Waals surface area contributed by atoms with E-state index in [1.807, 2.05) is 0 Å².